The Morgan fingerprint density at radius 1 is 1.17 bits per heavy atom. The number of hydrogen-bond acceptors (Lipinski definition) is 8. The summed E-state index contributed by atoms with van der Waals surface area (Å²) in [6, 6.07) is 10.8. The molecule has 8 nitrogen and oxygen atoms in total. The van der Waals surface area contributed by atoms with E-state index in [2.05, 4.69) is 10.3 Å². The molecule has 0 bridgehead atoms. The number of methoxy groups -OCH3 is 3. The highest BCUT2D eigenvalue weighted by Gasteiger charge is 2.34. The third-order valence-electron chi connectivity index (χ3n) is 5.63. The molecule has 1 aliphatic heterocycles. The molecule has 10 heteroatoms. The van der Waals surface area contributed by atoms with Gasteiger partial charge in [0.05, 0.1) is 38.5 Å². The van der Waals surface area contributed by atoms with Crippen LogP contribution in [0.2, 0.25) is 5.02 Å². The van der Waals surface area contributed by atoms with Crippen molar-refractivity contribution in [2.24, 2.45) is 0 Å². The van der Waals surface area contributed by atoms with Crippen molar-refractivity contribution in [1.82, 2.24) is 4.98 Å². The Hall–Kier alpha value is -3.14. The maximum absolute atomic E-state index is 13.2. The summed E-state index contributed by atoms with van der Waals surface area (Å²) in [4.78, 5) is 29.2. The number of nitrogens with one attached hydrogen (secondary N) is 1. The molecule has 184 valence electrons. The fourth-order valence-corrected chi connectivity index (χ4v) is 4.97. The summed E-state index contributed by atoms with van der Waals surface area (Å²) < 4.78 is 22.3. The van der Waals surface area contributed by atoms with Crippen LogP contribution in [0, 0.1) is 0 Å². The lowest BCUT2D eigenvalue weighted by molar-refractivity contribution is -0.140. The Morgan fingerprint density at radius 3 is 2.74 bits per heavy atom. The van der Waals surface area contributed by atoms with Crippen molar-refractivity contribution in [3.63, 3.8) is 0 Å². The van der Waals surface area contributed by atoms with Crippen molar-refractivity contribution in [3.05, 3.63) is 68.6 Å². The first-order valence-corrected chi connectivity index (χ1v) is 12.2. The summed E-state index contributed by atoms with van der Waals surface area (Å²) in [5.74, 6) is 0.479. The zero-order chi connectivity index (χ0) is 24.9. The van der Waals surface area contributed by atoms with Gasteiger partial charge in [0.1, 0.15) is 12.2 Å². The van der Waals surface area contributed by atoms with Crippen LogP contribution in [0.1, 0.15) is 34.4 Å². The van der Waals surface area contributed by atoms with Gasteiger partial charge in [-0.05, 0) is 24.3 Å². The van der Waals surface area contributed by atoms with Crippen LogP contribution in [0.4, 0.5) is 5.69 Å². The first kappa shape index (κ1) is 25.0. The molecule has 1 amide bonds. The average molecular weight is 517 g/mol. The third-order valence-corrected chi connectivity index (χ3v) is 6.79. The number of carbonyl (C=O) groups excluding carboxylic acids is 2. The number of hydrogen-bond donors (Lipinski definition) is 1. The minimum Gasteiger partial charge on any atom is -0.493 e. The second-order valence-corrected chi connectivity index (χ2v) is 9.20. The highest BCUT2D eigenvalue weighted by molar-refractivity contribution is 7.09. The molecule has 0 radical (unpaired) electrons. The summed E-state index contributed by atoms with van der Waals surface area (Å²) in [7, 11) is 4.48. The molecule has 0 saturated carbocycles. The number of fused-ring (bicyclic) bond motifs is 1. The number of aryl methyl sites for hydroxylation is 1. The summed E-state index contributed by atoms with van der Waals surface area (Å²) in [6.07, 6.45) is -0.514. The zero-order valence-corrected chi connectivity index (χ0v) is 21.1. The van der Waals surface area contributed by atoms with E-state index in [1.54, 1.807) is 38.5 Å². The van der Waals surface area contributed by atoms with Crippen molar-refractivity contribution in [2.45, 2.75) is 31.5 Å². The van der Waals surface area contributed by atoms with Crippen LogP contribution in [-0.4, -0.2) is 44.3 Å². The van der Waals surface area contributed by atoms with E-state index >= 15 is 0 Å². The molecule has 1 aliphatic rings. The predicted octanol–water partition coefficient (Wildman–Crippen LogP) is 4.59. The maximum atomic E-state index is 13.2. The lowest BCUT2D eigenvalue weighted by atomic mass is 9.98. The Kier molecular flexibility index (Phi) is 7.90. The van der Waals surface area contributed by atoms with Gasteiger partial charge in [0, 0.05) is 40.1 Å². The van der Waals surface area contributed by atoms with E-state index in [1.165, 1.54) is 18.4 Å². The number of ether oxygens (including phenoxy) is 4. The first-order valence-electron chi connectivity index (χ1n) is 10.9. The zero-order valence-electron chi connectivity index (χ0n) is 19.5. The molecule has 0 fully saturated rings. The molecule has 3 aromatic rings. The third kappa shape index (κ3) is 5.58. The number of nitrogens with zero attached hydrogens (tertiary/aromatic N) is 1. The van der Waals surface area contributed by atoms with Crippen molar-refractivity contribution in [1.29, 1.82) is 0 Å². The van der Waals surface area contributed by atoms with Gasteiger partial charge >= 0.3 is 5.97 Å². The maximum Gasteiger partial charge on any atom is 0.305 e. The molecule has 0 aliphatic carbocycles. The van der Waals surface area contributed by atoms with E-state index in [4.69, 9.17) is 30.5 Å². The van der Waals surface area contributed by atoms with E-state index in [1.807, 2.05) is 17.5 Å². The SMILES string of the molecule is COC(=O)CCc1csc(C[C@@H]2O[C@@H](c3cccc(OC)c3OC)c3cc(Cl)ccc3NC2=O)n1. The Balaban J connectivity index is 1.67. The summed E-state index contributed by atoms with van der Waals surface area (Å²) in [5.41, 5.74) is 2.78. The van der Waals surface area contributed by atoms with Gasteiger partial charge in [0.15, 0.2) is 11.5 Å². The summed E-state index contributed by atoms with van der Waals surface area (Å²) in [5, 5.41) is 6.08. The number of halogens is 1. The smallest absolute Gasteiger partial charge is 0.305 e. The van der Waals surface area contributed by atoms with Crippen LogP contribution < -0.4 is 14.8 Å². The number of aromatic nitrogens is 1. The molecule has 35 heavy (non-hydrogen) atoms. The van der Waals surface area contributed by atoms with E-state index in [0.717, 1.165) is 10.7 Å². The topological polar surface area (TPSA) is 96.0 Å². The number of thiazole rings is 1. The number of esters is 1. The second kappa shape index (κ2) is 11.1. The van der Waals surface area contributed by atoms with Gasteiger partial charge in [0.25, 0.3) is 5.91 Å². The largest absolute Gasteiger partial charge is 0.493 e. The molecular weight excluding hydrogens is 492 g/mol. The fourth-order valence-electron chi connectivity index (χ4n) is 3.93. The first-order chi connectivity index (χ1) is 16.9. The van der Waals surface area contributed by atoms with Gasteiger partial charge in [-0.1, -0.05) is 23.7 Å². The number of amides is 1. The van der Waals surface area contributed by atoms with Crippen molar-refractivity contribution in [3.8, 4) is 11.5 Å². The van der Waals surface area contributed by atoms with Gasteiger partial charge in [-0.3, -0.25) is 9.59 Å². The van der Waals surface area contributed by atoms with Gasteiger partial charge in [-0.2, -0.15) is 0 Å². The van der Waals surface area contributed by atoms with E-state index in [9.17, 15) is 9.59 Å². The Morgan fingerprint density at radius 2 is 2.00 bits per heavy atom. The van der Waals surface area contributed by atoms with Crippen LogP contribution in [-0.2, 0) is 31.9 Å². The molecular formula is C25H25ClN2O6S. The molecule has 1 N–H and O–H groups in total. The van der Waals surface area contributed by atoms with Crippen LogP contribution in [0.15, 0.2) is 41.8 Å². The van der Waals surface area contributed by atoms with E-state index in [-0.39, 0.29) is 24.7 Å². The number of para-hydroxylation sites is 1. The van der Waals surface area contributed by atoms with Gasteiger partial charge in [-0.25, -0.2) is 4.98 Å². The van der Waals surface area contributed by atoms with Crippen LogP contribution in [0.5, 0.6) is 11.5 Å². The van der Waals surface area contributed by atoms with Crippen molar-refractivity contribution in [2.75, 3.05) is 26.6 Å². The predicted molar refractivity (Wildman–Crippen MR) is 132 cm³/mol. The molecule has 4 rings (SSSR count). The monoisotopic (exact) mass is 516 g/mol. The average Bonchev–Trinajstić information content (AvgIpc) is 3.27. The normalized spacial score (nSPS) is 17.2. The highest BCUT2D eigenvalue weighted by Crippen LogP contribution is 2.43. The van der Waals surface area contributed by atoms with Crippen LogP contribution in [0.25, 0.3) is 0 Å². The standard InChI is InChI=1S/C25H25ClN2O6S/c1-31-19-6-4-5-16(24(19)33-3)23-17-11-14(26)7-9-18(17)28-25(30)20(34-23)12-21-27-15(13-35-21)8-10-22(29)32-2/h4-7,9,11,13,20,23H,8,10,12H2,1-3H3,(H,28,30)/t20-,23-/m0/s1. The highest BCUT2D eigenvalue weighted by atomic mass is 35.5. The van der Waals surface area contributed by atoms with Crippen molar-refractivity contribution < 1.29 is 28.5 Å². The number of carbonyl (C=O) groups is 2. The Bertz CT molecular complexity index is 1230. The molecule has 0 saturated heterocycles. The molecule has 2 heterocycles. The second-order valence-electron chi connectivity index (χ2n) is 7.82. The quantitative estimate of drug-likeness (QED) is 0.437. The molecule has 2 atom stereocenters. The lowest BCUT2D eigenvalue weighted by Crippen LogP contribution is -2.31. The molecule has 0 spiro atoms. The minimum atomic E-state index is -0.832. The summed E-state index contributed by atoms with van der Waals surface area (Å²) >= 11 is 7.74. The van der Waals surface area contributed by atoms with Gasteiger partial charge < -0.3 is 24.3 Å². The fraction of sp³-hybridized carbons (Fsp3) is 0.320. The number of benzene rings is 2. The van der Waals surface area contributed by atoms with Crippen molar-refractivity contribution >= 4 is 40.5 Å². The number of anilines is 1. The minimum absolute atomic E-state index is 0.244. The van der Waals surface area contributed by atoms with E-state index < -0.39 is 12.2 Å². The molecule has 0 unspecified atom stereocenters. The summed E-state index contributed by atoms with van der Waals surface area (Å²) in [6.45, 7) is 0. The molecule has 2 aromatic carbocycles. The molecule has 1 aromatic heterocycles. The lowest BCUT2D eigenvalue weighted by Gasteiger charge is -2.24. The van der Waals surface area contributed by atoms with E-state index in [0.29, 0.717) is 39.8 Å². The number of rotatable bonds is 8. The van der Waals surface area contributed by atoms with Gasteiger partial charge in [-0.15, -0.1) is 11.3 Å². The van der Waals surface area contributed by atoms with Gasteiger partial charge in [0.2, 0.25) is 0 Å². The van der Waals surface area contributed by atoms with Crippen LogP contribution in [0.3, 0.4) is 0 Å². The van der Waals surface area contributed by atoms with Crippen LogP contribution >= 0.6 is 22.9 Å². The Labute approximate surface area is 212 Å².